The van der Waals surface area contributed by atoms with Crippen molar-refractivity contribution in [3.05, 3.63) is 58.1 Å². The molecule has 3 nitrogen and oxygen atoms in total. The van der Waals surface area contributed by atoms with Gasteiger partial charge in [0.05, 0.1) is 17.1 Å². The Bertz CT molecular complexity index is 593. The lowest BCUT2D eigenvalue weighted by Gasteiger charge is -2.31. The molecule has 2 rings (SSSR count). The van der Waals surface area contributed by atoms with Gasteiger partial charge in [0.25, 0.3) is 0 Å². The summed E-state index contributed by atoms with van der Waals surface area (Å²) in [5.74, 6) is 0. The van der Waals surface area contributed by atoms with Crippen LogP contribution in [0.4, 0.5) is 0 Å². The lowest BCUT2D eigenvalue weighted by Crippen LogP contribution is -2.29. The van der Waals surface area contributed by atoms with E-state index in [0.717, 1.165) is 5.56 Å². The molecule has 0 spiro atoms. The summed E-state index contributed by atoms with van der Waals surface area (Å²) in [6, 6.07) is 5.27. The lowest BCUT2D eigenvalue weighted by atomic mass is 9.92. The van der Waals surface area contributed by atoms with Crippen LogP contribution in [0.15, 0.2) is 36.8 Å². The van der Waals surface area contributed by atoms with Crippen molar-refractivity contribution in [1.82, 2.24) is 9.97 Å². The molecule has 6 heteroatoms. The van der Waals surface area contributed by atoms with Gasteiger partial charge in [-0.25, -0.2) is 0 Å². The van der Waals surface area contributed by atoms with E-state index in [-0.39, 0.29) is 5.25 Å². The highest BCUT2D eigenvalue weighted by Crippen LogP contribution is 2.45. The maximum atomic E-state index is 10.9. The number of thioether (sulfide) groups is 1. The number of benzene rings is 1. The van der Waals surface area contributed by atoms with E-state index in [0.29, 0.717) is 15.7 Å². The summed E-state index contributed by atoms with van der Waals surface area (Å²) >= 11 is 13.7. The van der Waals surface area contributed by atoms with Crippen LogP contribution in [-0.2, 0) is 5.60 Å². The Morgan fingerprint density at radius 2 is 2.05 bits per heavy atom. The zero-order valence-electron chi connectivity index (χ0n) is 11.0. The predicted molar refractivity (Wildman–Crippen MR) is 84.3 cm³/mol. The Balaban J connectivity index is 2.46. The second kappa shape index (κ2) is 6.31. The summed E-state index contributed by atoms with van der Waals surface area (Å²) in [6.45, 7) is 1.71. The fourth-order valence-corrected chi connectivity index (χ4v) is 3.69. The standard InChI is InChI=1S/C14H14Cl2N2OS/c1-14(19,12-8-17-5-6-18-12)13(20-2)10-4-3-9(15)7-11(10)16/h3-8,13,19H,1-2H3. The monoisotopic (exact) mass is 328 g/mol. The van der Waals surface area contributed by atoms with Gasteiger partial charge < -0.3 is 5.11 Å². The fourth-order valence-electron chi connectivity index (χ4n) is 2.07. The fraction of sp³-hybridized carbons (Fsp3) is 0.286. The van der Waals surface area contributed by atoms with E-state index < -0.39 is 5.60 Å². The molecule has 2 atom stereocenters. The van der Waals surface area contributed by atoms with Crippen molar-refractivity contribution in [2.45, 2.75) is 17.8 Å². The van der Waals surface area contributed by atoms with E-state index in [1.807, 2.05) is 12.3 Å². The second-order valence-electron chi connectivity index (χ2n) is 4.52. The van der Waals surface area contributed by atoms with Crippen LogP contribution in [0.1, 0.15) is 23.4 Å². The van der Waals surface area contributed by atoms with Crippen LogP contribution in [0.2, 0.25) is 10.0 Å². The first-order valence-corrected chi connectivity index (χ1v) is 7.97. The molecule has 2 unspecified atom stereocenters. The van der Waals surface area contributed by atoms with Crippen LogP contribution in [-0.4, -0.2) is 21.3 Å². The summed E-state index contributed by atoms with van der Waals surface area (Å²) < 4.78 is 0. The zero-order chi connectivity index (χ0) is 14.8. The SMILES string of the molecule is CSC(c1ccc(Cl)cc1Cl)C(C)(O)c1cnccn1. The molecule has 0 saturated heterocycles. The smallest absolute Gasteiger partial charge is 0.121 e. The van der Waals surface area contributed by atoms with Gasteiger partial charge in [-0.3, -0.25) is 9.97 Å². The molecule has 1 heterocycles. The first-order valence-electron chi connectivity index (χ1n) is 5.93. The van der Waals surface area contributed by atoms with Crippen molar-refractivity contribution >= 4 is 35.0 Å². The highest BCUT2D eigenvalue weighted by Gasteiger charge is 2.37. The quantitative estimate of drug-likeness (QED) is 0.917. The van der Waals surface area contributed by atoms with Gasteiger partial charge in [0.15, 0.2) is 0 Å². The van der Waals surface area contributed by atoms with Gasteiger partial charge >= 0.3 is 0 Å². The Labute approximate surface area is 132 Å². The molecule has 0 aliphatic carbocycles. The van der Waals surface area contributed by atoms with Crippen molar-refractivity contribution in [3.63, 3.8) is 0 Å². The van der Waals surface area contributed by atoms with Crippen LogP contribution in [0.25, 0.3) is 0 Å². The van der Waals surface area contributed by atoms with Gasteiger partial charge in [0.2, 0.25) is 0 Å². The van der Waals surface area contributed by atoms with Gasteiger partial charge in [0.1, 0.15) is 5.60 Å². The van der Waals surface area contributed by atoms with E-state index in [9.17, 15) is 5.11 Å². The maximum absolute atomic E-state index is 10.9. The van der Waals surface area contributed by atoms with E-state index in [1.54, 1.807) is 37.6 Å². The summed E-state index contributed by atoms with van der Waals surface area (Å²) in [5.41, 5.74) is 0.134. The summed E-state index contributed by atoms with van der Waals surface area (Å²) in [7, 11) is 0. The average molecular weight is 329 g/mol. The van der Waals surface area contributed by atoms with Crippen molar-refractivity contribution in [3.8, 4) is 0 Å². The van der Waals surface area contributed by atoms with Gasteiger partial charge in [-0.15, -0.1) is 0 Å². The molecule has 0 radical (unpaired) electrons. The van der Waals surface area contributed by atoms with Gasteiger partial charge in [-0.05, 0) is 30.9 Å². The van der Waals surface area contributed by atoms with Crippen LogP contribution >= 0.6 is 35.0 Å². The molecule has 0 bridgehead atoms. The molecule has 0 fully saturated rings. The van der Waals surface area contributed by atoms with Gasteiger partial charge in [-0.2, -0.15) is 11.8 Å². The lowest BCUT2D eigenvalue weighted by molar-refractivity contribution is 0.0494. The molecule has 2 aromatic rings. The Morgan fingerprint density at radius 1 is 1.30 bits per heavy atom. The number of hydrogen-bond donors (Lipinski definition) is 1. The molecule has 0 aliphatic heterocycles. The average Bonchev–Trinajstić information content (AvgIpc) is 2.43. The van der Waals surface area contributed by atoms with Gasteiger partial charge in [-0.1, -0.05) is 29.3 Å². The highest BCUT2D eigenvalue weighted by molar-refractivity contribution is 7.98. The minimum absolute atomic E-state index is 0.274. The molecule has 1 aromatic heterocycles. The molecule has 1 aromatic carbocycles. The molecular weight excluding hydrogens is 315 g/mol. The number of aliphatic hydroxyl groups is 1. The molecule has 0 saturated carbocycles. The van der Waals surface area contributed by atoms with E-state index in [2.05, 4.69) is 9.97 Å². The zero-order valence-corrected chi connectivity index (χ0v) is 13.4. The molecule has 0 aliphatic rings. The minimum Gasteiger partial charge on any atom is -0.382 e. The highest BCUT2D eigenvalue weighted by atomic mass is 35.5. The van der Waals surface area contributed by atoms with E-state index in [1.165, 1.54) is 11.8 Å². The Morgan fingerprint density at radius 3 is 2.60 bits per heavy atom. The third-order valence-corrected chi connectivity index (χ3v) is 4.82. The number of halogens is 2. The molecular formula is C14H14Cl2N2OS. The normalized spacial score (nSPS) is 15.7. The van der Waals surface area contributed by atoms with Crippen molar-refractivity contribution < 1.29 is 5.11 Å². The van der Waals surface area contributed by atoms with Crippen molar-refractivity contribution in [1.29, 1.82) is 0 Å². The second-order valence-corrected chi connectivity index (χ2v) is 6.31. The third kappa shape index (κ3) is 3.09. The van der Waals surface area contributed by atoms with Crippen molar-refractivity contribution in [2.75, 3.05) is 6.26 Å². The number of nitrogens with zero attached hydrogens (tertiary/aromatic N) is 2. The Kier molecular flexibility index (Phi) is 4.91. The van der Waals surface area contributed by atoms with Crippen LogP contribution < -0.4 is 0 Å². The summed E-state index contributed by atoms with van der Waals surface area (Å²) in [4.78, 5) is 8.21. The summed E-state index contributed by atoms with van der Waals surface area (Å²) in [5, 5.41) is 11.7. The largest absolute Gasteiger partial charge is 0.382 e. The molecule has 1 N–H and O–H groups in total. The van der Waals surface area contributed by atoms with Gasteiger partial charge in [0, 0.05) is 22.4 Å². The predicted octanol–water partition coefficient (Wildman–Crippen LogP) is 4.10. The first kappa shape index (κ1) is 15.6. The third-order valence-electron chi connectivity index (χ3n) is 3.07. The molecule has 20 heavy (non-hydrogen) atoms. The Hall–Kier alpha value is -0.810. The van der Waals surface area contributed by atoms with Crippen LogP contribution in [0, 0.1) is 0 Å². The maximum Gasteiger partial charge on any atom is 0.121 e. The number of rotatable bonds is 4. The molecule has 106 valence electrons. The van der Waals surface area contributed by atoms with E-state index in [4.69, 9.17) is 23.2 Å². The van der Waals surface area contributed by atoms with E-state index >= 15 is 0 Å². The first-order chi connectivity index (χ1) is 9.46. The topological polar surface area (TPSA) is 46.0 Å². The minimum atomic E-state index is -1.19. The van der Waals surface area contributed by atoms with Crippen LogP contribution in [0.5, 0.6) is 0 Å². The van der Waals surface area contributed by atoms with Crippen molar-refractivity contribution in [2.24, 2.45) is 0 Å². The number of aromatic nitrogens is 2. The number of hydrogen-bond acceptors (Lipinski definition) is 4. The summed E-state index contributed by atoms with van der Waals surface area (Å²) in [6.07, 6.45) is 6.61. The molecule has 0 amide bonds. The van der Waals surface area contributed by atoms with Crippen LogP contribution in [0.3, 0.4) is 0 Å².